The number of methoxy groups -OCH3 is 1. The summed E-state index contributed by atoms with van der Waals surface area (Å²) in [7, 11) is 1.54. The van der Waals surface area contributed by atoms with Gasteiger partial charge in [0.2, 0.25) is 5.91 Å². The predicted molar refractivity (Wildman–Crippen MR) is 62.7 cm³/mol. The molecule has 0 unspecified atom stereocenters. The maximum absolute atomic E-state index is 11.6. The number of anilines is 1. The SMILES string of the molecule is COc1ccc(Br)cc1N1CC(=O)CC1=O. The van der Waals surface area contributed by atoms with Crippen molar-refractivity contribution in [3.05, 3.63) is 22.7 Å². The summed E-state index contributed by atoms with van der Waals surface area (Å²) >= 11 is 3.33. The molecular formula is C11H10BrNO3. The molecule has 0 atom stereocenters. The number of Topliss-reactive ketones (excluding diaryl/α,β-unsaturated/α-hetero) is 1. The molecule has 1 aromatic rings. The van der Waals surface area contributed by atoms with Gasteiger partial charge < -0.3 is 9.64 Å². The fourth-order valence-corrected chi connectivity index (χ4v) is 2.03. The third-order valence-corrected chi connectivity index (χ3v) is 2.91. The second-order valence-electron chi connectivity index (χ2n) is 3.51. The molecule has 1 saturated heterocycles. The molecule has 1 aliphatic heterocycles. The third-order valence-electron chi connectivity index (χ3n) is 2.42. The highest BCUT2D eigenvalue weighted by Crippen LogP contribution is 2.33. The number of hydrogen-bond acceptors (Lipinski definition) is 3. The van der Waals surface area contributed by atoms with Crippen LogP contribution >= 0.6 is 15.9 Å². The van der Waals surface area contributed by atoms with Gasteiger partial charge in [-0.15, -0.1) is 0 Å². The lowest BCUT2D eigenvalue weighted by Crippen LogP contribution is -2.25. The van der Waals surface area contributed by atoms with E-state index in [0.29, 0.717) is 11.4 Å². The maximum atomic E-state index is 11.6. The molecular weight excluding hydrogens is 274 g/mol. The van der Waals surface area contributed by atoms with Crippen molar-refractivity contribution in [1.82, 2.24) is 0 Å². The molecule has 1 amide bonds. The lowest BCUT2D eigenvalue weighted by atomic mass is 10.2. The number of ketones is 1. The monoisotopic (exact) mass is 283 g/mol. The molecule has 1 aromatic carbocycles. The van der Waals surface area contributed by atoms with Gasteiger partial charge in [-0.1, -0.05) is 15.9 Å². The van der Waals surface area contributed by atoms with Crippen molar-refractivity contribution in [3.8, 4) is 5.75 Å². The first kappa shape index (κ1) is 11.1. The highest BCUT2D eigenvalue weighted by atomic mass is 79.9. The van der Waals surface area contributed by atoms with Gasteiger partial charge in [-0.05, 0) is 18.2 Å². The van der Waals surface area contributed by atoms with E-state index in [9.17, 15) is 9.59 Å². The zero-order valence-corrected chi connectivity index (χ0v) is 10.3. The van der Waals surface area contributed by atoms with Gasteiger partial charge in [-0.2, -0.15) is 0 Å². The summed E-state index contributed by atoms with van der Waals surface area (Å²) in [6.45, 7) is 0.131. The Morgan fingerprint density at radius 2 is 2.12 bits per heavy atom. The lowest BCUT2D eigenvalue weighted by molar-refractivity contribution is -0.121. The number of carbonyl (C=O) groups excluding carboxylic acids is 2. The van der Waals surface area contributed by atoms with Crippen molar-refractivity contribution >= 4 is 33.3 Å². The molecule has 2 rings (SSSR count). The number of hydrogen-bond donors (Lipinski definition) is 0. The number of rotatable bonds is 2. The summed E-state index contributed by atoms with van der Waals surface area (Å²) in [5.74, 6) is 0.347. The molecule has 4 nitrogen and oxygen atoms in total. The van der Waals surface area contributed by atoms with Crippen LogP contribution in [-0.2, 0) is 9.59 Å². The number of amides is 1. The maximum Gasteiger partial charge on any atom is 0.235 e. The van der Waals surface area contributed by atoms with Crippen molar-refractivity contribution in [2.75, 3.05) is 18.6 Å². The zero-order chi connectivity index (χ0) is 11.7. The third kappa shape index (κ3) is 1.95. The smallest absolute Gasteiger partial charge is 0.235 e. The molecule has 0 radical (unpaired) electrons. The number of carbonyl (C=O) groups is 2. The molecule has 0 aromatic heterocycles. The van der Waals surface area contributed by atoms with E-state index >= 15 is 0 Å². The van der Waals surface area contributed by atoms with Crippen molar-refractivity contribution in [2.24, 2.45) is 0 Å². The number of nitrogens with zero attached hydrogens (tertiary/aromatic N) is 1. The molecule has 1 fully saturated rings. The Labute approximate surface area is 101 Å². The summed E-state index contributed by atoms with van der Waals surface area (Å²) in [5, 5.41) is 0. The Morgan fingerprint density at radius 1 is 1.38 bits per heavy atom. The van der Waals surface area contributed by atoms with Crippen molar-refractivity contribution in [3.63, 3.8) is 0 Å². The standard InChI is InChI=1S/C11H10BrNO3/c1-16-10-3-2-7(12)4-9(10)13-6-8(14)5-11(13)15/h2-4H,5-6H2,1H3. The van der Waals surface area contributed by atoms with E-state index in [1.807, 2.05) is 6.07 Å². The van der Waals surface area contributed by atoms with Crippen LogP contribution in [0.2, 0.25) is 0 Å². The molecule has 16 heavy (non-hydrogen) atoms. The molecule has 0 spiro atoms. The van der Waals surface area contributed by atoms with Crippen molar-refractivity contribution < 1.29 is 14.3 Å². The van der Waals surface area contributed by atoms with E-state index in [0.717, 1.165) is 4.47 Å². The van der Waals surface area contributed by atoms with Crippen molar-refractivity contribution in [1.29, 1.82) is 0 Å². The normalized spacial score (nSPS) is 15.8. The zero-order valence-electron chi connectivity index (χ0n) is 8.70. The Kier molecular flexibility index (Phi) is 2.96. The average Bonchev–Trinajstić information content (AvgIpc) is 2.57. The van der Waals surface area contributed by atoms with Crippen LogP contribution in [0.1, 0.15) is 6.42 Å². The minimum absolute atomic E-state index is 0.0182. The van der Waals surface area contributed by atoms with Crippen LogP contribution in [0, 0.1) is 0 Å². The lowest BCUT2D eigenvalue weighted by Gasteiger charge is -2.18. The highest BCUT2D eigenvalue weighted by molar-refractivity contribution is 9.10. The fraction of sp³-hybridized carbons (Fsp3) is 0.273. The minimum atomic E-state index is -0.179. The van der Waals surface area contributed by atoms with E-state index in [-0.39, 0.29) is 24.7 Å². The average molecular weight is 284 g/mol. The first-order chi connectivity index (χ1) is 7.61. The second kappa shape index (κ2) is 4.25. The van der Waals surface area contributed by atoms with E-state index in [1.54, 1.807) is 12.1 Å². The molecule has 0 saturated carbocycles. The molecule has 0 bridgehead atoms. The molecule has 0 aliphatic carbocycles. The quantitative estimate of drug-likeness (QED) is 0.777. The van der Waals surface area contributed by atoms with Crippen LogP contribution in [0.3, 0.4) is 0 Å². The Morgan fingerprint density at radius 3 is 2.69 bits per heavy atom. The minimum Gasteiger partial charge on any atom is -0.495 e. The number of benzene rings is 1. The van der Waals surface area contributed by atoms with E-state index in [1.165, 1.54) is 12.0 Å². The van der Waals surface area contributed by atoms with Gasteiger partial charge in [0.05, 0.1) is 25.8 Å². The van der Waals surface area contributed by atoms with Gasteiger partial charge in [0, 0.05) is 4.47 Å². The molecule has 84 valence electrons. The first-order valence-electron chi connectivity index (χ1n) is 4.77. The molecule has 0 N–H and O–H groups in total. The van der Waals surface area contributed by atoms with Gasteiger partial charge in [-0.3, -0.25) is 9.59 Å². The van der Waals surface area contributed by atoms with Crippen LogP contribution in [-0.4, -0.2) is 25.3 Å². The van der Waals surface area contributed by atoms with Crippen molar-refractivity contribution in [2.45, 2.75) is 6.42 Å². The largest absolute Gasteiger partial charge is 0.495 e. The topological polar surface area (TPSA) is 46.6 Å². The van der Waals surface area contributed by atoms with E-state index < -0.39 is 0 Å². The Hall–Kier alpha value is -1.36. The molecule has 1 heterocycles. The van der Waals surface area contributed by atoms with Crippen LogP contribution < -0.4 is 9.64 Å². The Balaban J connectivity index is 2.42. The van der Waals surface area contributed by atoms with Crippen LogP contribution in [0.25, 0.3) is 0 Å². The predicted octanol–water partition coefficient (Wildman–Crippen LogP) is 1.76. The molecule has 1 aliphatic rings. The summed E-state index contributed by atoms with van der Waals surface area (Å²) in [6.07, 6.45) is -0.0182. The van der Waals surface area contributed by atoms with Gasteiger partial charge in [0.1, 0.15) is 5.75 Å². The van der Waals surface area contributed by atoms with E-state index in [2.05, 4.69) is 15.9 Å². The van der Waals surface area contributed by atoms with Gasteiger partial charge in [-0.25, -0.2) is 0 Å². The molecule has 5 heteroatoms. The summed E-state index contributed by atoms with van der Waals surface area (Å²) in [5.41, 5.74) is 0.632. The number of ether oxygens (including phenoxy) is 1. The van der Waals surface area contributed by atoms with E-state index in [4.69, 9.17) is 4.74 Å². The van der Waals surface area contributed by atoms with Crippen LogP contribution in [0.4, 0.5) is 5.69 Å². The van der Waals surface area contributed by atoms with Crippen LogP contribution in [0.5, 0.6) is 5.75 Å². The first-order valence-corrected chi connectivity index (χ1v) is 5.56. The van der Waals surface area contributed by atoms with Gasteiger partial charge >= 0.3 is 0 Å². The van der Waals surface area contributed by atoms with Crippen LogP contribution in [0.15, 0.2) is 22.7 Å². The summed E-state index contributed by atoms with van der Waals surface area (Å²) in [6, 6.07) is 5.36. The number of halogens is 1. The Bertz CT molecular complexity index is 459. The van der Waals surface area contributed by atoms with Gasteiger partial charge in [0.15, 0.2) is 5.78 Å². The summed E-state index contributed by atoms with van der Waals surface area (Å²) < 4.78 is 6.01. The summed E-state index contributed by atoms with van der Waals surface area (Å²) in [4.78, 5) is 24.3. The highest BCUT2D eigenvalue weighted by Gasteiger charge is 2.30. The second-order valence-corrected chi connectivity index (χ2v) is 4.43. The van der Waals surface area contributed by atoms with Gasteiger partial charge in [0.25, 0.3) is 0 Å². The fourth-order valence-electron chi connectivity index (χ4n) is 1.68.